The molecule has 0 aromatic heterocycles. The van der Waals surface area contributed by atoms with Crippen molar-refractivity contribution in [2.24, 2.45) is 0 Å². The van der Waals surface area contributed by atoms with Gasteiger partial charge in [-0.1, -0.05) is 48.5 Å². The van der Waals surface area contributed by atoms with Crippen LogP contribution in [0.5, 0.6) is 0 Å². The van der Waals surface area contributed by atoms with Crippen molar-refractivity contribution in [1.29, 1.82) is 0 Å². The smallest absolute Gasteiger partial charge is 0.301 e. The molecule has 0 saturated carbocycles. The third-order valence-electron chi connectivity index (χ3n) is 4.00. The summed E-state index contributed by atoms with van der Waals surface area (Å²) in [7, 11) is 0. The van der Waals surface area contributed by atoms with Crippen LogP contribution < -0.4 is 10.9 Å². The Bertz CT molecular complexity index is 1090. The summed E-state index contributed by atoms with van der Waals surface area (Å²) in [6, 6.07) is 16.8. The zero-order valence-corrected chi connectivity index (χ0v) is 14.6. The van der Waals surface area contributed by atoms with Gasteiger partial charge in [-0.05, 0) is 17.7 Å². The van der Waals surface area contributed by atoms with Crippen molar-refractivity contribution in [1.82, 2.24) is 0 Å². The minimum Gasteiger partial charge on any atom is -0.301 e. The number of hydrazine groups is 1. The quantitative estimate of drug-likeness (QED) is 0.437. The number of hydrogen-bond acceptors (Lipinski definition) is 8. The molecular formula is C18H13N5O6. The first-order valence-electron chi connectivity index (χ1n) is 8.16. The molecule has 0 fully saturated rings. The molecule has 0 saturated heterocycles. The van der Waals surface area contributed by atoms with Gasteiger partial charge >= 0.3 is 11.4 Å². The van der Waals surface area contributed by atoms with E-state index in [0.717, 1.165) is 0 Å². The van der Waals surface area contributed by atoms with Gasteiger partial charge in [0.05, 0.1) is 26.5 Å². The highest BCUT2D eigenvalue weighted by Crippen LogP contribution is 2.47. The van der Waals surface area contributed by atoms with E-state index in [2.05, 4.69) is 10.9 Å². The van der Waals surface area contributed by atoms with E-state index >= 15 is 0 Å². The molecule has 11 nitrogen and oxygen atoms in total. The molecule has 29 heavy (non-hydrogen) atoms. The van der Waals surface area contributed by atoms with E-state index in [1.54, 1.807) is 48.5 Å². The molecule has 3 aromatic rings. The van der Waals surface area contributed by atoms with Crippen molar-refractivity contribution in [3.05, 3.63) is 97.1 Å². The Kier molecular flexibility index (Phi) is 5.30. The third kappa shape index (κ3) is 3.93. The highest BCUT2D eigenvalue weighted by molar-refractivity contribution is 5.94. The Morgan fingerprint density at radius 2 is 1.21 bits per heavy atom. The fourth-order valence-corrected chi connectivity index (χ4v) is 2.78. The number of nitro groups is 3. The van der Waals surface area contributed by atoms with E-state index < -0.39 is 37.5 Å². The van der Waals surface area contributed by atoms with Gasteiger partial charge in [-0.2, -0.15) is 0 Å². The maximum atomic E-state index is 11.9. The minimum absolute atomic E-state index is 0.184. The van der Waals surface area contributed by atoms with Gasteiger partial charge < -0.3 is 5.43 Å². The van der Waals surface area contributed by atoms with Crippen LogP contribution >= 0.6 is 0 Å². The Labute approximate surface area is 163 Å². The number of hydrogen-bond donors (Lipinski definition) is 2. The van der Waals surface area contributed by atoms with Crippen LogP contribution in [0.3, 0.4) is 0 Å². The summed E-state index contributed by atoms with van der Waals surface area (Å²) in [5.41, 5.74) is 2.66. The van der Waals surface area contributed by atoms with Crippen LogP contribution in [0.4, 0.5) is 28.4 Å². The van der Waals surface area contributed by atoms with Crippen LogP contribution in [0, 0.1) is 30.3 Å². The number of para-hydroxylation sites is 1. The lowest BCUT2D eigenvalue weighted by Crippen LogP contribution is -2.13. The summed E-state index contributed by atoms with van der Waals surface area (Å²) in [6.45, 7) is 0. The summed E-state index contributed by atoms with van der Waals surface area (Å²) in [5, 5.41) is 35.0. The van der Waals surface area contributed by atoms with E-state index in [9.17, 15) is 30.3 Å². The SMILES string of the molecule is O=[N+]([O-])c1cc([N+](=O)[O-])c(-c2ccccc2)c([N+](=O)[O-])c1NNc1ccccc1. The zero-order valence-electron chi connectivity index (χ0n) is 14.6. The molecule has 0 heterocycles. The van der Waals surface area contributed by atoms with Crippen molar-refractivity contribution < 1.29 is 14.8 Å². The van der Waals surface area contributed by atoms with Gasteiger partial charge in [0.1, 0.15) is 5.56 Å². The summed E-state index contributed by atoms with van der Waals surface area (Å²) in [4.78, 5) is 32.3. The minimum atomic E-state index is -0.913. The molecule has 0 bridgehead atoms. The molecule has 0 unspecified atom stereocenters. The Morgan fingerprint density at radius 3 is 1.72 bits per heavy atom. The highest BCUT2D eigenvalue weighted by Gasteiger charge is 2.37. The van der Waals surface area contributed by atoms with Crippen LogP contribution in [-0.4, -0.2) is 14.8 Å². The van der Waals surface area contributed by atoms with Crippen molar-refractivity contribution in [2.45, 2.75) is 0 Å². The van der Waals surface area contributed by atoms with Crippen LogP contribution in [0.25, 0.3) is 11.1 Å². The second kappa shape index (κ2) is 8.00. The molecule has 0 spiro atoms. The van der Waals surface area contributed by atoms with Gasteiger partial charge in [-0.25, -0.2) is 0 Å². The summed E-state index contributed by atoms with van der Waals surface area (Å²) in [5.74, 6) is 0. The van der Waals surface area contributed by atoms with Crippen LogP contribution in [0.2, 0.25) is 0 Å². The average Bonchev–Trinajstić information content (AvgIpc) is 2.72. The Balaban J connectivity index is 2.28. The summed E-state index contributed by atoms with van der Waals surface area (Å²) in [6.07, 6.45) is 0. The molecule has 0 atom stereocenters. The normalized spacial score (nSPS) is 10.2. The van der Waals surface area contributed by atoms with Gasteiger partial charge in [0.15, 0.2) is 0 Å². The van der Waals surface area contributed by atoms with Crippen molar-refractivity contribution in [3.63, 3.8) is 0 Å². The number of nitrogens with zero attached hydrogens (tertiary/aromatic N) is 3. The van der Waals surface area contributed by atoms with Crippen molar-refractivity contribution in [2.75, 3.05) is 10.9 Å². The lowest BCUT2D eigenvalue weighted by Gasteiger charge is -2.13. The lowest BCUT2D eigenvalue weighted by atomic mass is 9.99. The van der Waals surface area contributed by atoms with E-state index in [4.69, 9.17) is 0 Å². The molecule has 0 aliphatic heterocycles. The first kappa shape index (κ1) is 19.2. The lowest BCUT2D eigenvalue weighted by molar-refractivity contribution is -0.400. The average molecular weight is 395 g/mol. The monoisotopic (exact) mass is 395 g/mol. The molecule has 0 radical (unpaired) electrons. The zero-order chi connectivity index (χ0) is 21.0. The molecule has 3 rings (SSSR count). The van der Waals surface area contributed by atoms with Crippen LogP contribution in [-0.2, 0) is 0 Å². The standard InChI is InChI=1S/C18H13N5O6/c24-21(25)14-11-15(22(26)27)17(20-19-13-9-5-2-6-10-13)18(23(28)29)16(14)12-7-3-1-4-8-12/h1-11,19-20H. The first-order chi connectivity index (χ1) is 13.9. The van der Waals surface area contributed by atoms with Gasteiger partial charge in [0.25, 0.3) is 5.69 Å². The van der Waals surface area contributed by atoms with Gasteiger partial charge in [-0.3, -0.25) is 35.8 Å². The number of nitro benzene ring substituents is 3. The maximum absolute atomic E-state index is 11.9. The molecule has 0 aliphatic carbocycles. The van der Waals surface area contributed by atoms with Gasteiger partial charge in [-0.15, -0.1) is 0 Å². The molecule has 3 aromatic carbocycles. The van der Waals surface area contributed by atoms with Gasteiger partial charge in [0, 0.05) is 0 Å². The molecule has 2 N–H and O–H groups in total. The van der Waals surface area contributed by atoms with Crippen molar-refractivity contribution >= 4 is 28.4 Å². The molecule has 146 valence electrons. The topological polar surface area (TPSA) is 153 Å². The largest absolute Gasteiger partial charge is 0.315 e. The Morgan fingerprint density at radius 1 is 0.655 bits per heavy atom. The fraction of sp³-hybridized carbons (Fsp3) is 0. The first-order valence-corrected chi connectivity index (χ1v) is 8.16. The number of nitrogens with one attached hydrogen (secondary N) is 2. The second-order valence-corrected chi connectivity index (χ2v) is 5.77. The van der Waals surface area contributed by atoms with Gasteiger partial charge in [0.2, 0.25) is 5.69 Å². The second-order valence-electron chi connectivity index (χ2n) is 5.77. The van der Waals surface area contributed by atoms with E-state index in [1.807, 2.05) is 0 Å². The molecule has 11 heteroatoms. The predicted molar refractivity (Wildman–Crippen MR) is 106 cm³/mol. The number of benzene rings is 3. The molecule has 0 amide bonds. The molecular weight excluding hydrogens is 382 g/mol. The van der Waals surface area contributed by atoms with E-state index in [-0.39, 0.29) is 11.1 Å². The van der Waals surface area contributed by atoms with Crippen LogP contribution in [0.1, 0.15) is 0 Å². The molecule has 0 aliphatic rings. The summed E-state index contributed by atoms with van der Waals surface area (Å²) < 4.78 is 0. The highest BCUT2D eigenvalue weighted by atomic mass is 16.6. The number of rotatable bonds is 7. The third-order valence-corrected chi connectivity index (χ3v) is 4.00. The number of anilines is 2. The maximum Gasteiger partial charge on any atom is 0.315 e. The van der Waals surface area contributed by atoms with E-state index in [1.165, 1.54) is 12.1 Å². The summed E-state index contributed by atoms with van der Waals surface area (Å²) >= 11 is 0. The van der Waals surface area contributed by atoms with Crippen molar-refractivity contribution in [3.8, 4) is 11.1 Å². The van der Waals surface area contributed by atoms with Crippen LogP contribution in [0.15, 0.2) is 66.7 Å². The fourth-order valence-electron chi connectivity index (χ4n) is 2.78. The predicted octanol–water partition coefficient (Wildman–Crippen LogP) is 4.52. The van der Waals surface area contributed by atoms with E-state index in [0.29, 0.717) is 11.8 Å². The Hall–Kier alpha value is -4.54.